The van der Waals surface area contributed by atoms with Crippen molar-refractivity contribution in [1.82, 2.24) is 5.32 Å². The smallest absolute Gasteiger partial charge is 0.0406 e. The van der Waals surface area contributed by atoms with Crippen LogP contribution in [0, 0.1) is 5.92 Å². The molecule has 0 saturated carbocycles. The summed E-state index contributed by atoms with van der Waals surface area (Å²) < 4.78 is 0. The van der Waals surface area contributed by atoms with E-state index in [9.17, 15) is 0 Å². The zero-order chi connectivity index (χ0) is 11.4. The third kappa shape index (κ3) is 3.87. The predicted octanol–water partition coefficient (Wildman–Crippen LogP) is 4.26. The molecule has 1 heterocycles. The van der Waals surface area contributed by atoms with Crippen molar-refractivity contribution < 1.29 is 0 Å². The summed E-state index contributed by atoms with van der Waals surface area (Å²) in [5.74, 6) is 1.51. The van der Waals surface area contributed by atoms with Gasteiger partial charge in [0.15, 0.2) is 0 Å². The van der Waals surface area contributed by atoms with Crippen LogP contribution in [0.1, 0.15) is 37.7 Å². The Morgan fingerprint density at radius 1 is 1.29 bits per heavy atom. The van der Waals surface area contributed by atoms with Crippen molar-refractivity contribution in [2.45, 2.75) is 32.1 Å². The fraction of sp³-hybridized carbons (Fsp3) is 0.571. The summed E-state index contributed by atoms with van der Waals surface area (Å²) in [4.78, 5) is 0. The minimum atomic E-state index is 0. The Hall–Kier alpha value is -0.240. The van der Waals surface area contributed by atoms with Crippen LogP contribution in [0.2, 0.25) is 5.02 Å². The van der Waals surface area contributed by atoms with Crippen LogP contribution in [-0.4, -0.2) is 13.1 Å². The fourth-order valence-electron chi connectivity index (χ4n) is 2.75. The van der Waals surface area contributed by atoms with Crippen LogP contribution >= 0.6 is 24.0 Å². The summed E-state index contributed by atoms with van der Waals surface area (Å²) in [5.41, 5.74) is 1.46. The second-order valence-corrected chi connectivity index (χ2v) is 5.14. The molecule has 1 nitrogen and oxygen atoms in total. The lowest BCUT2D eigenvalue weighted by molar-refractivity contribution is 0.307. The average Bonchev–Trinajstić information content (AvgIpc) is 2.32. The van der Waals surface area contributed by atoms with Gasteiger partial charge in [-0.3, -0.25) is 0 Å². The summed E-state index contributed by atoms with van der Waals surface area (Å²) in [6.07, 6.45) is 3.85. The van der Waals surface area contributed by atoms with Gasteiger partial charge >= 0.3 is 0 Å². The van der Waals surface area contributed by atoms with Crippen LogP contribution < -0.4 is 5.32 Å². The summed E-state index contributed by atoms with van der Waals surface area (Å²) in [5, 5.41) is 4.34. The topological polar surface area (TPSA) is 12.0 Å². The molecule has 17 heavy (non-hydrogen) atoms. The van der Waals surface area contributed by atoms with E-state index in [2.05, 4.69) is 24.4 Å². The first kappa shape index (κ1) is 14.8. The number of rotatable bonds is 3. The summed E-state index contributed by atoms with van der Waals surface area (Å²) in [7, 11) is 0. The fourth-order valence-corrected chi connectivity index (χ4v) is 2.87. The molecule has 0 aliphatic carbocycles. The Kier molecular flexibility index (Phi) is 6.32. The summed E-state index contributed by atoms with van der Waals surface area (Å²) in [6.45, 7) is 4.59. The number of hydrogen-bond donors (Lipinski definition) is 1. The zero-order valence-corrected chi connectivity index (χ0v) is 11.9. The van der Waals surface area contributed by atoms with E-state index in [1.807, 2.05) is 12.1 Å². The Morgan fingerprint density at radius 2 is 2.00 bits per heavy atom. The van der Waals surface area contributed by atoms with E-state index in [1.165, 1.54) is 31.4 Å². The van der Waals surface area contributed by atoms with Crippen molar-refractivity contribution in [3.05, 3.63) is 34.9 Å². The maximum Gasteiger partial charge on any atom is 0.0406 e. The average molecular weight is 274 g/mol. The van der Waals surface area contributed by atoms with E-state index in [4.69, 9.17) is 11.6 Å². The highest BCUT2D eigenvalue weighted by atomic mass is 35.5. The molecule has 1 aromatic carbocycles. The van der Waals surface area contributed by atoms with Crippen LogP contribution in [0.15, 0.2) is 24.3 Å². The van der Waals surface area contributed by atoms with Gasteiger partial charge in [0.2, 0.25) is 0 Å². The Labute approximate surface area is 115 Å². The van der Waals surface area contributed by atoms with E-state index >= 15 is 0 Å². The second-order valence-electron chi connectivity index (χ2n) is 4.70. The molecule has 0 amide bonds. The molecular weight excluding hydrogens is 253 g/mol. The lowest BCUT2D eigenvalue weighted by Crippen LogP contribution is -2.35. The van der Waals surface area contributed by atoms with Crippen molar-refractivity contribution in [3.8, 4) is 0 Å². The van der Waals surface area contributed by atoms with E-state index < -0.39 is 0 Å². The van der Waals surface area contributed by atoms with Gasteiger partial charge in [-0.05, 0) is 55.5 Å². The molecule has 0 aromatic heterocycles. The van der Waals surface area contributed by atoms with E-state index in [1.54, 1.807) is 0 Å². The minimum absolute atomic E-state index is 0. The van der Waals surface area contributed by atoms with Crippen LogP contribution in [-0.2, 0) is 0 Å². The Morgan fingerprint density at radius 3 is 2.65 bits per heavy atom. The molecule has 96 valence electrons. The minimum Gasteiger partial charge on any atom is -0.316 e. The maximum absolute atomic E-state index is 5.94. The largest absolute Gasteiger partial charge is 0.316 e. The lowest BCUT2D eigenvalue weighted by atomic mass is 9.79. The van der Waals surface area contributed by atoms with E-state index in [0.29, 0.717) is 0 Å². The molecule has 2 atom stereocenters. The highest BCUT2D eigenvalue weighted by Crippen LogP contribution is 2.33. The first-order valence-electron chi connectivity index (χ1n) is 6.27. The van der Waals surface area contributed by atoms with Crippen LogP contribution in [0.3, 0.4) is 0 Å². The number of piperidine rings is 1. The highest BCUT2D eigenvalue weighted by Gasteiger charge is 2.25. The van der Waals surface area contributed by atoms with Crippen molar-refractivity contribution in [1.29, 1.82) is 0 Å². The molecule has 1 fully saturated rings. The second kappa shape index (κ2) is 7.25. The van der Waals surface area contributed by atoms with Gasteiger partial charge in [-0.2, -0.15) is 0 Å². The van der Waals surface area contributed by atoms with Crippen molar-refractivity contribution in [3.63, 3.8) is 0 Å². The molecule has 1 aromatic rings. The number of nitrogens with one attached hydrogen (secondary N) is 1. The third-order valence-electron chi connectivity index (χ3n) is 3.57. The van der Waals surface area contributed by atoms with Gasteiger partial charge in [-0.1, -0.05) is 37.1 Å². The van der Waals surface area contributed by atoms with Gasteiger partial charge in [0, 0.05) is 5.02 Å². The van der Waals surface area contributed by atoms with E-state index in [0.717, 1.165) is 23.4 Å². The van der Waals surface area contributed by atoms with E-state index in [-0.39, 0.29) is 12.4 Å². The van der Waals surface area contributed by atoms with Gasteiger partial charge in [0.05, 0.1) is 0 Å². The number of halogens is 2. The SMILES string of the molecule is CCCC1CNCCC1c1ccc(Cl)cc1.Cl. The van der Waals surface area contributed by atoms with Crippen molar-refractivity contribution >= 4 is 24.0 Å². The summed E-state index contributed by atoms with van der Waals surface area (Å²) in [6, 6.07) is 8.42. The van der Waals surface area contributed by atoms with Crippen LogP contribution in [0.5, 0.6) is 0 Å². The van der Waals surface area contributed by atoms with Gasteiger partial charge in [-0.15, -0.1) is 12.4 Å². The molecule has 0 bridgehead atoms. The molecule has 2 unspecified atom stereocenters. The molecule has 1 saturated heterocycles. The van der Waals surface area contributed by atoms with Crippen LogP contribution in [0.25, 0.3) is 0 Å². The zero-order valence-electron chi connectivity index (χ0n) is 10.3. The van der Waals surface area contributed by atoms with Crippen molar-refractivity contribution in [2.75, 3.05) is 13.1 Å². The van der Waals surface area contributed by atoms with Gasteiger partial charge in [-0.25, -0.2) is 0 Å². The molecule has 1 aliphatic rings. The van der Waals surface area contributed by atoms with Gasteiger partial charge in [0.1, 0.15) is 0 Å². The molecular formula is C14H21Cl2N. The normalized spacial score (nSPS) is 24.1. The lowest BCUT2D eigenvalue weighted by Gasteiger charge is -2.32. The molecule has 3 heteroatoms. The summed E-state index contributed by atoms with van der Waals surface area (Å²) >= 11 is 5.94. The van der Waals surface area contributed by atoms with Crippen molar-refractivity contribution in [2.24, 2.45) is 5.92 Å². The maximum atomic E-state index is 5.94. The Bertz CT molecular complexity index is 321. The van der Waals surface area contributed by atoms with Gasteiger partial charge in [0.25, 0.3) is 0 Å². The number of benzene rings is 1. The van der Waals surface area contributed by atoms with Crippen LogP contribution in [0.4, 0.5) is 0 Å². The molecule has 0 spiro atoms. The Balaban J connectivity index is 0.00000144. The third-order valence-corrected chi connectivity index (χ3v) is 3.82. The highest BCUT2D eigenvalue weighted by molar-refractivity contribution is 6.30. The molecule has 1 N–H and O–H groups in total. The predicted molar refractivity (Wildman–Crippen MR) is 77.3 cm³/mol. The monoisotopic (exact) mass is 273 g/mol. The first-order chi connectivity index (χ1) is 7.81. The first-order valence-corrected chi connectivity index (χ1v) is 6.65. The number of hydrogen-bond acceptors (Lipinski definition) is 1. The molecule has 0 radical (unpaired) electrons. The quantitative estimate of drug-likeness (QED) is 0.868. The molecule has 1 aliphatic heterocycles. The van der Waals surface area contributed by atoms with Gasteiger partial charge < -0.3 is 5.32 Å². The molecule has 2 rings (SSSR count). The standard InChI is InChI=1S/C14H20ClN.ClH/c1-2-3-12-10-16-9-8-14(12)11-4-6-13(15)7-5-11;/h4-7,12,14,16H,2-3,8-10H2,1H3;1H.